The van der Waals surface area contributed by atoms with Crippen molar-refractivity contribution in [2.75, 3.05) is 6.61 Å². The first-order chi connectivity index (χ1) is 7.64. The Morgan fingerprint density at radius 2 is 1.76 bits per heavy atom. The number of halogens is 6. The molecule has 0 spiro atoms. The van der Waals surface area contributed by atoms with Crippen molar-refractivity contribution in [3.8, 4) is 0 Å². The SMILES string of the molecule is CCOC1=NC(C(F)(F)F)(C(F)(F)F)N=CO1. The Morgan fingerprint density at radius 1 is 1.24 bits per heavy atom. The highest BCUT2D eigenvalue weighted by atomic mass is 19.4. The smallest absolute Gasteiger partial charge is 0.443 e. The zero-order chi connectivity index (χ0) is 13.3. The average Bonchev–Trinajstić information content (AvgIpc) is 2.15. The monoisotopic (exact) mass is 264 g/mol. The van der Waals surface area contributed by atoms with Crippen molar-refractivity contribution in [3.63, 3.8) is 0 Å². The standard InChI is InChI=1S/C7H6F6N2O2/c1-2-16-4-15-5(6(8,9)10,7(11,12)13)14-3-17-4/h3H,2H2,1H3. The largest absolute Gasteiger partial charge is 0.451 e. The van der Waals surface area contributed by atoms with Crippen molar-refractivity contribution in [3.05, 3.63) is 0 Å². The minimum Gasteiger partial charge on any atom is -0.451 e. The lowest BCUT2D eigenvalue weighted by Crippen LogP contribution is -2.55. The predicted molar refractivity (Wildman–Crippen MR) is 43.5 cm³/mol. The number of alkyl halides is 6. The van der Waals surface area contributed by atoms with Crippen LogP contribution in [0.4, 0.5) is 26.3 Å². The van der Waals surface area contributed by atoms with Crippen LogP contribution in [0.15, 0.2) is 9.98 Å². The Balaban J connectivity index is 3.25. The van der Waals surface area contributed by atoms with Gasteiger partial charge in [-0.3, -0.25) is 0 Å². The second-order valence-electron chi connectivity index (χ2n) is 2.83. The lowest BCUT2D eigenvalue weighted by Gasteiger charge is -2.31. The first kappa shape index (κ1) is 13.6. The second-order valence-corrected chi connectivity index (χ2v) is 2.83. The van der Waals surface area contributed by atoms with Gasteiger partial charge in [-0.25, -0.2) is 4.99 Å². The van der Waals surface area contributed by atoms with Crippen LogP contribution in [0.2, 0.25) is 0 Å². The molecule has 10 heteroatoms. The number of hydrogen-bond donors (Lipinski definition) is 0. The molecular weight excluding hydrogens is 258 g/mol. The number of hydrogen-bond acceptors (Lipinski definition) is 4. The van der Waals surface area contributed by atoms with E-state index in [4.69, 9.17) is 0 Å². The minimum absolute atomic E-state index is 0.0129. The maximum Gasteiger partial charge on any atom is 0.443 e. The van der Waals surface area contributed by atoms with E-state index in [9.17, 15) is 26.3 Å². The van der Waals surface area contributed by atoms with Crippen LogP contribution in [0, 0.1) is 0 Å². The van der Waals surface area contributed by atoms with E-state index < -0.39 is 24.1 Å². The van der Waals surface area contributed by atoms with Gasteiger partial charge in [0.05, 0.1) is 6.61 Å². The summed E-state index contributed by atoms with van der Waals surface area (Å²) in [6.45, 7) is 1.15. The van der Waals surface area contributed by atoms with Crippen LogP contribution in [-0.4, -0.2) is 37.1 Å². The minimum atomic E-state index is -5.74. The molecule has 0 saturated heterocycles. The number of nitrogens with zero attached hydrogens (tertiary/aromatic N) is 2. The lowest BCUT2D eigenvalue weighted by molar-refractivity contribution is -0.293. The molecule has 0 aromatic heterocycles. The second kappa shape index (κ2) is 4.08. The molecule has 0 unspecified atom stereocenters. The van der Waals surface area contributed by atoms with E-state index in [0.717, 1.165) is 0 Å². The third kappa shape index (κ3) is 2.29. The molecular formula is C7H6F6N2O2. The third-order valence-corrected chi connectivity index (χ3v) is 1.70. The normalized spacial score (nSPS) is 19.6. The van der Waals surface area contributed by atoms with E-state index in [1.807, 2.05) is 0 Å². The van der Waals surface area contributed by atoms with Crippen molar-refractivity contribution in [1.82, 2.24) is 0 Å². The van der Waals surface area contributed by atoms with Crippen molar-refractivity contribution >= 4 is 12.5 Å². The molecule has 0 amide bonds. The van der Waals surface area contributed by atoms with Crippen LogP contribution in [0.1, 0.15) is 6.92 Å². The fourth-order valence-corrected chi connectivity index (χ4v) is 0.959. The van der Waals surface area contributed by atoms with Crippen molar-refractivity contribution in [2.45, 2.75) is 24.9 Å². The van der Waals surface area contributed by atoms with Gasteiger partial charge >= 0.3 is 24.1 Å². The topological polar surface area (TPSA) is 43.2 Å². The van der Waals surface area contributed by atoms with Gasteiger partial charge in [0.2, 0.25) is 0 Å². The quantitative estimate of drug-likeness (QED) is 0.682. The van der Waals surface area contributed by atoms with Crippen LogP contribution >= 0.6 is 0 Å². The summed E-state index contributed by atoms with van der Waals surface area (Å²) in [5.74, 6) is 0. The van der Waals surface area contributed by atoms with Crippen LogP contribution < -0.4 is 0 Å². The Labute approximate surface area is 90.9 Å². The fourth-order valence-electron chi connectivity index (χ4n) is 0.959. The maximum atomic E-state index is 12.5. The summed E-state index contributed by atoms with van der Waals surface area (Å²) >= 11 is 0. The van der Waals surface area contributed by atoms with Gasteiger partial charge in [-0.05, 0) is 6.92 Å². The molecule has 0 N–H and O–H groups in total. The van der Waals surface area contributed by atoms with Crippen LogP contribution in [-0.2, 0) is 9.47 Å². The molecule has 4 nitrogen and oxygen atoms in total. The molecule has 0 bridgehead atoms. The zero-order valence-corrected chi connectivity index (χ0v) is 8.26. The third-order valence-electron chi connectivity index (χ3n) is 1.70. The number of rotatable bonds is 1. The molecule has 0 saturated carbocycles. The molecule has 0 aromatic carbocycles. The molecule has 1 aliphatic rings. The molecule has 1 aliphatic heterocycles. The molecule has 0 aromatic rings. The van der Waals surface area contributed by atoms with Crippen molar-refractivity contribution < 1.29 is 35.8 Å². The molecule has 0 atom stereocenters. The van der Waals surface area contributed by atoms with Crippen molar-refractivity contribution in [1.29, 1.82) is 0 Å². The van der Waals surface area contributed by atoms with E-state index in [0.29, 0.717) is 0 Å². The molecule has 0 aliphatic carbocycles. The summed E-state index contributed by atoms with van der Waals surface area (Å²) in [6.07, 6.45) is -12.6. The summed E-state index contributed by atoms with van der Waals surface area (Å²) in [5.41, 5.74) is -4.57. The molecule has 17 heavy (non-hydrogen) atoms. The van der Waals surface area contributed by atoms with Crippen LogP contribution in [0.3, 0.4) is 0 Å². The van der Waals surface area contributed by atoms with Gasteiger partial charge in [-0.1, -0.05) is 0 Å². The Morgan fingerprint density at radius 3 is 2.18 bits per heavy atom. The van der Waals surface area contributed by atoms with E-state index in [-0.39, 0.29) is 13.0 Å². The first-order valence-electron chi connectivity index (χ1n) is 4.20. The van der Waals surface area contributed by atoms with E-state index >= 15 is 0 Å². The average molecular weight is 264 g/mol. The van der Waals surface area contributed by atoms with Crippen LogP contribution in [0.5, 0.6) is 0 Å². The molecule has 1 heterocycles. The van der Waals surface area contributed by atoms with E-state index in [2.05, 4.69) is 19.5 Å². The van der Waals surface area contributed by atoms with E-state index in [1.54, 1.807) is 0 Å². The highest BCUT2D eigenvalue weighted by Gasteiger charge is 2.73. The zero-order valence-electron chi connectivity index (χ0n) is 8.26. The van der Waals surface area contributed by atoms with Gasteiger partial charge in [0.15, 0.2) is 6.40 Å². The van der Waals surface area contributed by atoms with Gasteiger partial charge in [0, 0.05) is 0 Å². The molecule has 1 rings (SSSR count). The Bertz CT molecular complexity index is 331. The predicted octanol–water partition coefficient (Wildman–Crippen LogP) is 2.26. The highest BCUT2D eigenvalue weighted by molar-refractivity contribution is 5.78. The van der Waals surface area contributed by atoms with Gasteiger partial charge < -0.3 is 9.47 Å². The van der Waals surface area contributed by atoms with E-state index in [1.165, 1.54) is 6.92 Å². The van der Waals surface area contributed by atoms with Crippen LogP contribution in [0.25, 0.3) is 0 Å². The summed E-state index contributed by atoms with van der Waals surface area (Å²) in [5, 5.41) is 0. The molecule has 0 radical (unpaired) electrons. The number of aliphatic imine (C=N–C) groups is 2. The van der Waals surface area contributed by atoms with Gasteiger partial charge in [-0.2, -0.15) is 31.3 Å². The first-order valence-corrected chi connectivity index (χ1v) is 4.20. The maximum absolute atomic E-state index is 12.5. The summed E-state index contributed by atoms with van der Waals surface area (Å²) in [6, 6.07) is 0. The molecule has 98 valence electrons. The van der Waals surface area contributed by atoms with Gasteiger partial charge in [0.25, 0.3) is 0 Å². The summed E-state index contributed by atoms with van der Waals surface area (Å²) < 4.78 is 83.3. The Hall–Kier alpha value is -1.48. The van der Waals surface area contributed by atoms with Crippen molar-refractivity contribution in [2.24, 2.45) is 9.98 Å². The Kier molecular flexibility index (Phi) is 3.26. The van der Waals surface area contributed by atoms with Gasteiger partial charge in [-0.15, -0.1) is 0 Å². The summed E-state index contributed by atoms with van der Waals surface area (Å²) in [4.78, 5) is 4.64. The van der Waals surface area contributed by atoms with Gasteiger partial charge in [0.1, 0.15) is 0 Å². The molecule has 0 fully saturated rings. The summed E-state index contributed by atoms with van der Waals surface area (Å²) in [7, 11) is 0. The lowest BCUT2D eigenvalue weighted by atomic mass is 10.1. The highest BCUT2D eigenvalue weighted by Crippen LogP contribution is 2.47. The fraction of sp³-hybridized carbons (Fsp3) is 0.714. The number of ether oxygens (including phenoxy) is 2.